The number of alkyl halides is 2. The lowest BCUT2D eigenvalue weighted by Gasteiger charge is -2.25. The zero-order chi connectivity index (χ0) is 30.5. The first kappa shape index (κ1) is 29.0. The van der Waals surface area contributed by atoms with E-state index in [9.17, 15) is 22.0 Å². The lowest BCUT2D eigenvalue weighted by Crippen LogP contribution is -2.25. The fourth-order valence-corrected chi connectivity index (χ4v) is 5.70. The van der Waals surface area contributed by atoms with Gasteiger partial charge in [-0.3, -0.25) is 13.7 Å². The molecule has 3 aromatic heterocycles. The van der Waals surface area contributed by atoms with Gasteiger partial charge in [0.1, 0.15) is 17.6 Å². The van der Waals surface area contributed by atoms with Crippen LogP contribution in [0.3, 0.4) is 0 Å². The van der Waals surface area contributed by atoms with Crippen LogP contribution in [0.2, 0.25) is 0 Å². The van der Waals surface area contributed by atoms with Crippen LogP contribution < -0.4 is 14.9 Å². The number of ether oxygens (including phenoxy) is 1. The number of hydrogen-bond donors (Lipinski definition) is 2. The van der Waals surface area contributed by atoms with Gasteiger partial charge in [0.05, 0.1) is 41.5 Å². The topological polar surface area (TPSA) is 136 Å². The summed E-state index contributed by atoms with van der Waals surface area (Å²) in [5.74, 6) is -0.658. The van der Waals surface area contributed by atoms with Crippen molar-refractivity contribution in [2.75, 3.05) is 34.8 Å². The Kier molecular flexibility index (Phi) is 7.54. The monoisotopic (exact) mass is 614 g/mol. The Morgan fingerprint density at radius 3 is 2.56 bits per heavy atom. The van der Waals surface area contributed by atoms with Crippen LogP contribution in [0.4, 0.5) is 31.7 Å². The molecule has 0 bridgehead atoms. The summed E-state index contributed by atoms with van der Waals surface area (Å²) in [5, 5.41) is 6.03. The minimum Gasteiger partial charge on any atom is -0.358 e. The van der Waals surface area contributed by atoms with Crippen LogP contribution in [0.5, 0.6) is 0 Å². The number of amides is 1. The van der Waals surface area contributed by atoms with E-state index >= 15 is 0 Å². The highest BCUT2D eigenvalue weighted by Gasteiger charge is 2.32. The maximum absolute atomic E-state index is 14.4. The molecule has 15 heteroatoms. The minimum absolute atomic E-state index is 0.119. The summed E-state index contributed by atoms with van der Waals surface area (Å²) in [6.07, 6.45) is 4.45. The van der Waals surface area contributed by atoms with Crippen molar-refractivity contribution >= 4 is 50.0 Å². The van der Waals surface area contributed by atoms with Crippen molar-refractivity contribution in [1.29, 1.82) is 0 Å². The molecule has 4 heterocycles. The SMILES string of the molecule is CN(c1cc(-c2cncn2C)ccc1Nc1cc(NC(=O)C2CC2)nc2c1nc(C(F)F)n2C1CCCCO1)S(C)(=O)=O. The van der Waals surface area contributed by atoms with Crippen LogP contribution in [-0.2, 0) is 26.6 Å². The second-order valence-electron chi connectivity index (χ2n) is 10.9. The Morgan fingerprint density at radius 1 is 1.14 bits per heavy atom. The number of fused-ring (bicyclic) bond motifs is 1. The molecule has 1 saturated carbocycles. The molecule has 2 N–H and O–H groups in total. The summed E-state index contributed by atoms with van der Waals surface area (Å²) in [6.45, 7) is 0.417. The maximum Gasteiger partial charge on any atom is 0.295 e. The van der Waals surface area contributed by atoms with Gasteiger partial charge in [-0.05, 0) is 44.2 Å². The Hall–Kier alpha value is -4.11. The molecule has 12 nitrogen and oxygen atoms in total. The average molecular weight is 615 g/mol. The molecule has 0 radical (unpaired) electrons. The number of nitrogens with zero attached hydrogens (tertiary/aromatic N) is 6. The van der Waals surface area contributed by atoms with Gasteiger partial charge >= 0.3 is 0 Å². The summed E-state index contributed by atoms with van der Waals surface area (Å²) < 4.78 is 64.2. The molecule has 2 fully saturated rings. The van der Waals surface area contributed by atoms with E-state index in [1.165, 1.54) is 17.7 Å². The fourth-order valence-electron chi connectivity index (χ4n) is 5.19. The lowest BCUT2D eigenvalue weighted by molar-refractivity contribution is -0.117. The van der Waals surface area contributed by atoms with Gasteiger partial charge in [-0.2, -0.15) is 0 Å². The Bertz CT molecular complexity index is 1800. The van der Waals surface area contributed by atoms with Crippen LogP contribution >= 0.6 is 0 Å². The van der Waals surface area contributed by atoms with Gasteiger partial charge in [0.15, 0.2) is 11.5 Å². The molecule has 1 aliphatic heterocycles. The molecule has 1 aliphatic carbocycles. The van der Waals surface area contributed by atoms with Gasteiger partial charge in [0.2, 0.25) is 15.9 Å². The molecule has 43 heavy (non-hydrogen) atoms. The molecule has 1 aromatic carbocycles. The predicted octanol–water partition coefficient (Wildman–Crippen LogP) is 4.96. The fraction of sp³-hybridized carbons (Fsp3) is 0.429. The molecule has 1 atom stereocenters. The number of aryl methyl sites for hydroxylation is 1. The minimum atomic E-state index is -3.70. The Balaban J connectivity index is 1.51. The van der Waals surface area contributed by atoms with Gasteiger partial charge in [0.25, 0.3) is 6.43 Å². The van der Waals surface area contributed by atoms with Crippen molar-refractivity contribution in [3.63, 3.8) is 0 Å². The van der Waals surface area contributed by atoms with Crippen LogP contribution in [0.1, 0.15) is 50.6 Å². The maximum atomic E-state index is 14.4. The number of aromatic nitrogens is 5. The molecular weight excluding hydrogens is 582 g/mol. The third-order valence-electron chi connectivity index (χ3n) is 7.73. The zero-order valence-corrected chi connectivity index (χ0v) is 24.7. The third kappa shape index (κ3) is 5.78. The van der Waals surface area contributed by atoms with E-state index in [0.717, 1.165) is 41.9 Å². The number of nitrogens with one attached hydrogen (secondary N) is 2. The summed E-state index contributed by atoms with van der Waals surface area (Å²) in [5.41, 5.74) is 2.68. The largest absolute Gasteiger partial charge is 0.358 e. The molecule has 1 unspecified atom stereocenters. The van der Waals surface area contributed by atoms with Crippen molar-refractivity contribution in [2.45, 2.75) is 44.8 Å². The first-order chi connectivity index (χ1) is 20.5. The van der Waals surface area contributed by atoms with Crippen molar-refractivity contribution < 1.29 is 26.7 Å². The van der Waals surface area contributed by atoms with E-state index in [0.29, 0.717) is 30.0 Å². The highest BCUT2D eigenvalue weighted by atomic mass is 32.2. The van der Waals surface area contributed by atoms with E-state index in [1.54, 1.807) is 35.3 Å². The van der Waals surface area contributed by atoms with E-state index in [4.69, 9.17) is 4.74 Å². The molecule has 4 aromatic rings. The number of sulfonamides is 1. The van der Waals surface area contributed by atoms with Crippen LogP contribution in [0.25, 0.3) is 22.4 Å². The van der Waals surface area contributed by atoms with Crippen molar-refractivity contribution in [3.8, 4) is 11.3 Å². The van der Waals surface area contributed by atoms with E-state index < -0.39 is 28.5 Å². The van der Waals surface area contributed by atoms with Gasteiger partial charge in [0, 0.05) is 38.2 Å². The highest BCUT2D eigenvalue weighted by molar-refractivity contribution is 7.92. The predicted molar refractivity (Wildman–Crippen MR) is 158 cm³/mol. The van der Waals surface area contributed by atoms with Crippen molar-refractivity contribution in [3.05, 3.63) is 42.6 Å². The standard InChI is InChI=1S/C28H32F2N8O4S/c1-36-15-31-14-21(36)17-9-10-18(20(12-17)37(2)43(3,40)41)32-19-13-22(34-28(39)16-7-8-16)33-26-24(19)35-27(25(29)30)38(26)23-6-4-5-11-42-23/h9-10,12-16,23,25H,4-8,11H2,1-3H3,(H2,32,33,34,39). The second-order valence-corrected chi connectivity index (χ2v) is 12.9. The number of carbonyl (C=O) groups excluding carboxylic acids is 1. The number of benzene rings is 1. The molecule has 2 aliphatic rings. The highest BCUT2D eigenvalue weighted by Crippen LogP contribution is 2.39. The number of halogens is 2. The first-order valence-electron chi connectivity index (χ1n) is 14.0. The number of pyridine rings is 1. The van der Waals surface area contributed by atoms with E-state index in [-0.39, 0.29) is 34.5 Å². The average Bonchev–Trinajstić information content (AvgIpc) is 3.63. The normalized spacial score (nSPS) is 17.4. The smallest absolute Gasteiger partial charge is 0.295 e. The molecule has 228 valence electrons. The van der Waals surface area contributed by atoms with Crippen molar-refractivity contribution in [2.24, 2.45) is 13.0 Å². The summed E-state index contributed by atoms with van der Waals surface area (Å²) in [7, 11) is -0.445. The van der Waals surface area contributed by atoms with Crippen molar-refractivity contribution in [1.82, 2.24) is 24.1 Å². The van der Waals surface area contributed by atoms with Gasteiger partial charge < -0.3 is 19.9 Å². The molecule has 1 saturated heterocycles. The summed E-state index contributed by atoms with van der Waals surface area (Å²) in [4.78, 5) is 25.7. The third-order valence-corrected chi connectivity index (χ3v) is 8.92. The van der Waals surface area contributed by atoms with Crippen LogP contribution in [-0.4, -0.2) is 58.3 Å². The molecular formula is C28H32F2N8O4S. The molecule has 6 rings (SSSR count). The molecule has 1 amide bonds. The molecule has 0 spiro atoms. The Labute approximate surface area is 247 Å². The first-order valence-corrected chi connectivity index (χ1v) is 15.8. The summed E-state index contributed by atoms with van der Waals surface area (Å²) in [6, 6.07) is 6.72. The number of imidazole rings is 2. The number of rotatable bonds is 9. The van der Waals surface area contributed by atoms with E-state index in [2.05, 4.69) is 25.6 Å². The van der Waals surface area contributed by atoms with Gasteiger partial charge in [-0.15, -0.1) is 0 Å². The van der Waals surface area contributed by atoms with Gasteiger partial charge in [-0.25, -0.2) is 32.2 Å². The number of anilines is 4. The Morgan fingerprint density at radius 2 is 1.93 bits per heavy atom. The second kappa shape index (κ2) is 11.2. The van der Waals surface area contributed by atoms with Crippen LogP contribution in [0, 0.1) is 5.92 Å². The number of hydrogen-bond acceptors (Lipinski definition) is 8. The quantitative estimate of drug-likeness (QED) is 0.270. The van der Waals surface area contributed by atoms with Gasteiger partial charge in [-0.1, -0.05) is 6.07 Å². The van der Waals surface area contributed by atoms with Crippen LogP contribution in [0.15, 0.2) is 36.8 Å². The number of carbonyl (C=O) groups is 1. The zero-order valence-electron chi connectivity index (χ0n) is 23.9. The summed E-state index contributed by atoms with van der Waals surface area (Å²) >= 11 is 0. The van der Waals surface area contributed by atoms with E-state index in [1.807, 2.05) is 7.05 Å². The lowest BCUT2D eigenvalue weighted by atomic mass is 10.1.